The van der Waals surface area contributed by atoms with Gasteiger partial charge in [-0.25, -0.2) is 4.79 Å². The van der Waals surface area contributed by atoms with Crippen molar-refractivity contribution in [2.75, 3.05) is 7.05 Å². The second-order valence-corrected chi connectivity index (χ2v) is 6.02. The summed E-state index contributed by atoms with van der Waals surface area (Å²) in [7, 11) is 1.21. The number of alkyl halides is 3. The number of nitrogens with one attached hydrogen (secondary N) is 1. The fourth-order valence-electron chi connectivity index (χ4n) is 2.50. The molecular weight excluding hydrogens is 361 g/mol. The molecule has 2 aromatic rings. The molecule has 0 aliphatic heterocycles. The molecule has 0 spiro atoms. The lowest BCUT2D eigenvalue weighted by molar-refractivity contribution is -0.138. The van der Waals surface area contributed by atoms with Crippen molar-refractivity contribution in [3.63, 3.8) is 0 Å². The minimum atomic E-state index is -4.57. The molecule has 0 radical (unpaired) electrons. The Morgan fingerprint density at radius 2 is 1.74 bits per heavy atom. The van der Waals surface area contributed by atoms with E-state index in [4.69, 9.17) is 5.11 Å². The zero-order valence-electron chi connectivity index (χ0n) is 14.7. The van der Waals surface area contributed by atoms with E-state index in [0.29, 0.717) is 5.56 Å². The van der Waals surface area contributed by atoms with Crippen LogP contribution in [0.2, 0.25) is 0 Å². The monoisotopic (exact) mass is 380 g/mol. The van der Waals surface area contributed by atoms with E-state index in [0.717, 1.165) is 16.5 Å². The molecule has 0 bridgehead atoms. The SMILES string of the molecule is C[C@@H](C(=O)NCc1cc(-c2ccccc2)ccc1C(F)(F)F)N(C)C(=O)O. The van der Waals surface area contributed by atoms with E-state index in [-0.39, 0.29) is 12.1 Å². The van der Waals surface area contributed by atoms with E-state index < -0.39 is 29.8 Å². The number of carbonyl (C=O) groups excluding carboxylic acids is 1. The van der Waals surface area contributed by atoms with Crippen molar-refractivity contribution in [1.82, 2.24) is 10.2 Å². The second kappa shape index (κ2) is 8.11. The number of hydrogen-bond acceptors (Lipinski definition) is 2. The number of amides is 2. The number of hydrogen-bond donors (Lipinski definition) is 2. The highest BCUT2D eigenvalue weighted by Gasteiger charge is 2.33. The third kappa shape index (κ3) is 4.99. The smallest absolute Gasteiger partial charge is 0.416 e. The minimum absolute atomic E-state index is 0.0950. The first-order valence-corrected chi connectivity index (χ1v) is 8.10. The lowest BCUT2D eigenvalue weighted by Crippen LogP contribution is -2.45. The fraction of sp³-hybridized carbons (Fsp3) is 0.263. The van der Waals surface area contributed by atoms with Gasteiger partial charge in [0.2, 0.25) is 5.91 Å². The number of carboxylic acid groups (broad SMARTS) is 1. The zero-order chi connectivity index (χ0) is 20.2. The normalized spacial score (nSPS) is 12.3. The summed E-state index contributed by atoms with van der Waals surface area (Å²) in [5.41, 5.74) is 0.394. The number of rotatable bonds is 5. The minimum Gasteiger partial charge on any atom is -0.465 e. The molecule has 2 amide bonds. The Hall–Kier alpha value is -3.03. The summed E-state index contributed by atoms with van der Waals surface area (Å²) in [6.07, 6.45) is -5.88. The molecule has 0 saturated carbocycles. The number of halogens is 3. The van der Waals surface area contributed by atoms with Crippen LogP contribution in [0.3, 0.4) is 0 Å². The van der Waals surface area contributed by atoms with Crippen LogP contribution in [0.1, 0.15) is 18.1 Å². The molecule has 144 valence electrons. The zero-order valence-corrected chi connectivity index (χ0v) is 14.7. The Balaban J connectivity index is 2.28. The highest BCUT2D eigenvalue weighted by molar-refractivity contribution is 5.84. The maximum Gasteiger partial charge on any atom is 0.416 e. The number of carbonyl (C=O) groups is 2. The van der Waals surface area contributed by atoms with Gasteiger partial charge in [0.15, 0.2) is 0 Å². The van der Waals surface area contributed by atoms with Crippen LogP contribution < -0.4 is 5.32 Å². The summed E-state index contributed by atoms with van der Waals surface area (Å²) in [6, 6.07) is 11.6. The van der Waals surface area contributed by atoms with Crippen LogP contribution in [0.4, 0.5) is 18.0 Å². The first-order chi connectivity index (χ1) is 12.6. The van der Waals surface area contributed by atoms with Crippen molar-refractivity contribution in [2.45, 2.75) is 25.7 Å². The van der Waals surface area contributed by atoms with Crippen LogP contribution in [0.25, 0.3) is 11.1 Å². The molecule has 0 unspecified atom stereocenters. The Morgan fingerprint density at radius 1 is 1.11 bits per heavy atom. The van der Waals surface area contributed by atoms with Crippen LogP contribution in [0.5, 0.6) is 0 Å². The molecule has 2 aromatic carbocycles. The summed E-state index contributed by atoms with van der Waals surface area (Å²) in [4.78, 5) is 23.8. The molecule has 5 nitrogen and oxygen atoms in total. The molecule has 2 rings (SSSR count). The van der Waals surface area contributed by atoms with E-state index in [2.05, 4.69) is 5.32 Å². The second-order valence-electron chi connectivity index (χ2n) is 6.02. The Kier molecular flexibility index (Phi) is 6.09. The topological polar surface area (TPSA) is 69.6 Å². The fourth-order valence-corrected chi connectivity index (χ4v) is 2.50. The van der Waals surface area contributed by atoms with Gasteiger partial charge in [0.1, 0.15) is 6.04 Å². The molecule has 8 heteroatoms. The number of benzene rings is 2. The van der Waals surface area contributed by atoms with Crippen LogP contribution in [0.15, 0.2) is 48.5 Å². The van der Waals surface area contributed by atoms with Crippen LogP contribution in [-0.2, 0) is 17.5 Å². The predicted molar refractivity (Wildman–Crippen MR) is 94.0 cm³/mol. The van der Waals surface area contributed by atoms with Gasteiger partial charge in [-0.15, -0.1) is 0 Å². The standard InChI is InChI=1S/C19H19F3N2O3/c1-12(24(2)18(26)27)17(25)23-11-15-10-14(13-6-4-3-5-7-13)8-9-16(15)19(20,21)22/h3-10,12H,11H2,1-2H3,(H,23,25)(H,26,27)/t12-/m0/s1. The van der Waals surface area contributed by atoms with Gasteiger partial charge in [-0.2, -0.15) is 13.2 Å². The maximum absolute atomic E-state index is 13.3. The van der Waals surface area contributed by atoms with E-state index in [9.17, 15) is 22.8 Å². The largest absolute Gasteiger partial charge is 0.465 e. The summed E-state index contributed by atoms with van der Waals surface area (Å²) in [6.45, 7) is 0.987. The quantitative estimate of drug-likeness (QED) is 0.824. The number of nitrogens with zero attached hydrogens (tertiary/aromatic N) is 1. The molecule has 0 aliphatic carbocycles. The molecular formula is C19H19F3N2O3. The molecule has 2 N–H and O–H groups in total. The van der Waals surface area contributed by atoms with Crippen molar-refractivity contribution in [3.8, 4) is 11.1 Å². The van der Waals surface area contributed by atoms with Crippen molar-refractivity contribution >= 4 is 12.0 Å². The summed E-state index contributed by atoms with van der Waals surface area (Å²) < 4.78 is 39.9. The van der Waals surface area contributed by atoms with Gasteiger partial charge in [-0.1, -0.05) is 36.4 Å². The first kappa shape index (κ1) is 20.3. The maximum atomic E-state index is 13.3. The molecule has 0 aromatic heterocycles. The van der Waals surface area contributed by atoms with Gasteiger partial charge in [-0.05, 0) is 35.7 Å². The highest BCUT2D eigenvalue weighted by Crippen LogP contribution is 2.34. The van der Waals surface area contributed by atoms with Crippen LogP contribution in [-0.4, -0.2) is 35.1 Å². The van der Waals surface area contributed by atoms with Gasteiger partial charge in [0.05, 0.1) is 5.56 Å². The molecule has 0 heterocycles. The van der Waals surface area contributed by atoms with Crippen LogP contribution >= 0.6 is 0 Å². The first-order valence-electron chi connectivity index (χ1n) is 8.10. The molecule has 0 fully saturated rings. The third-order valence-electron chi connectivity index (χ3n) is 4.23. The van der Waals surface area contributed by atoms with Gasteiger partial charge in [0, 0.05) is 13.6 Å². The number of likely N-dealkylation sites (N-methyl/N-ethyl adjacent to an activating group) is 1. The van der Waals surface area contributed by atoms with Crippen LogP contribution in [0, 0.1) is 0 Å². The van der Waals surface area contributed by atoms with Gasteiger partial charge in [0.25, 0.3) is 0 Å². The van der Waals surface area contributed by atoms with Crippen molar-refractivity contribution in [2.24, 2.45) is 0 Å². The van der Waals surface area contributed by atoms with E-state index in [1.54, 1.807) is 30.3 Å². The Labute approximate surface area is 154 Å². The van der Waals surface area contributed by atoms with Gasteiger partial charge < -0.3 is 10.4 Å². The Bertz CT molecular complexity index is 823. The van der Waals surface area contributed by atoms with E-state index in [1.807, 2.05) is 0 Å². The molecule has 0 aliphatic rings. The average Bonchev–Trinajstić information content (AvgIpc) is 2.64. The van der Waals surface area contributed by atoms with Gasteiger partial charge in [-0.3, -0.25) is 9.69 Å². The Morgan fingerprint density at radius 3 is 2.30 bits per heavy atom. The average molecular weight is 380 g/mol. The predicted octanol–water partition coefficient (Wildman–Crippen LogP) is 3.99. The highest BCUT2D eigenvalue weighted by atomic mass is 19.4. The summed E-state index contributed by atoms with van der Waals surface area (Å²) in [5.74, 6) is -0.682. The van der Waals surface area contributed by atoms with Crippen molar-refractivity contribution in [3.05, 3.63) is 59.7 Å². The van der Waals surface area contributed by atoms with Gasteiger partial charge >= 0.3 is 12.3 Å². The summed E-state index contributed by atoms with van der Waals surface area (Å²) in [5, 5.41) is 11.3. The molecule has 0 saturated heterocycles. The third-order valence-corrected chi connectivity index (χ3v) is 4.23. The van der Waals surface area contributed by atoms with Crippen molar-refractivity contribution in [1.29, 1.82) is 0 Å². The molecule has 1 atom stereocenters. The summed E-state index contributed by atoms with van der Waals surface area (Å²) >= 11 is 0. The van der Waals surface area contributed by atoms with E-state index in [1.165, 1.54) is 26.1 Å². The van der Waals surface area contributed by atoms with E-state index >= 15 is 0 Å². The molecule has 27 heavy (non-hydrogen) atoms. The van der Waals surface area contributed by atoms with Crippen molar-refractivity contribution < 1.29 is 27.9 Å². The lowest BCUT2D eigenvalue weighted by atomic mass is 9.98. The lowest BCUT2D eigenvalue weighted by Gasteiger charge is -2.21.